The van der Waals surface area contributed by atoms with E-state index >= 15 is 0 Å². The molecule has 1 aliphatic heterocycles. The summed E-state index contributed by atoms with van der Waals surface area (Å²) in [6.45, 7) is 0.0316. The third-order valence-electron chi connectivity index (χ3n) is 5.68. The number of aliphatic hydroxyl groups is 1. The number of H-pyrrole nitrogens is 1. The molecule has 1 saturated heterocycles. The molecule has 2 heterocycles. The molecule has 2 aromatic carbocycles. The summed E-state index contributed by atoms with van der Waals surface area (Å²) < 4.78 is 54.7. The number of anilines is 1. The van der Waals surface area contributed by atoms with Crippen molar-refractivity contribution in [2.24, 2.45) is 21.3 Å². The molecule has 17 heteroatoms. The van der Waals surface area contributed by atoms with E-state index in [9.17, 15) is 21.9 Å². The fraction of sp³-hybridized carbons (Fsp3) is 0.263. The van der Waals surface area contributed by atoms with Crippen molar-refractivity contribution in [3.63, 3.8) is 0 Å². The van der Waals surface area contributed by atoms with Crippen molar-refractivity contribution >= 4 is 42.9 Å². The normalized spacial score (nSPS) is 18.8. The molecule has 0 radical (unpaired) electrons. The molecule has 1 aliphatic rings. The standard InChI is InChI=1S/C19H24N10O5S2/c20-18(27-29-22)15-11(12-2-1-3-13-16(12)26-19(21)25-13)4-5-14(17(15)35(23,31)32)36(33,34)28-9-6-10(8-30)24-7-9/h1-5,9-10,24,28,30H,6-8H2,(H3,20,22,27)(H3,21,25,26)(H2,23,31,32)/t9-,10-/m0/s1. The summed E-state index contributed by atoms with van der Waals surface area (Å²) in [6.07, 6.45) is 0.283. The number of sulfonamides is 2. The average Bonchev–Trinajstić information content (AvgIpc) is 3.42. The molecule has 0 bridgehead atoms. The van der Waals surface area contributed by atoms with Gasteiger partial charge in [0.15, 0.2) is 11.8 Å². The molecule has 36 heavy (non-hydrogen) atoms. The molecule has 0 spiro atoms. The third kappa shape index (κ3) is 4.79. The summed E-state index contributed by atoms with van der Waals surface area (Å²) in [7, 11) is -9.22. The molecular formula is C19H24N10O5S2. The Hall–Kier alpha value is -3.48. The Balaban J connectivity index is 1.98. The molecule has 0 amide bonds. The summed E-state index contributed by atoms with van der Waals surface area (Å²) >= 11 is 0. The van der Waals surface area contributed by atoms with Gasteiger partial charge in [0.2, 0.25) is 20.0 Å². The topological polar surface area (TPSA) is 268 Å². The molecule has 2 atom stereocenters. The third-order valence-corrected chi connectivity index (χ3v) is 8.36. The number of para-hydroxylation sites is 1. The number of nitrogens with zero attached hydrogens (tertiary/aromatic N) is 3. The van der Waals surface area contributed by atoms with Crippen LogP contribution in [0.25, 0.3) is 22.2 Å². The van der Waals surface area contributed by atoms with Gasteiger partial charge in [0.25, 0.3) is 0 Å². The second-order valence-corrected chi connectivity index (χ2v) is 11.3. The SMILES string of the molecule is N=C(N=NN)c1c(-c2cccc3[nH]c(N)nc23)ccc(S(=O)(=O)N[C@@H]2CN[C@H](CO)C2)c1S(N)(=O)=O. The highest BCUT2D eigenvalue weighted by atomic mass is 32.2. The van der Waals surface area contributed by atoms with Crippen LogP contribution in [0.5, 0.6) is 0 Å². The first kappa shape index (κ1) is 25.6. The lowest BCUT2D eigenvalue weighted by atomic mass is 9.97. The van der Waals surface area contributed by atoms with Crippen LogP contribution in [0.15, 0.2) is 50.5 Å². The van der Waals surface area contributed by atoms with Gasteiger partial charge >= 0.3 is 0 Å². The molecule has 3 aromatic rings. The van der Waals surface area contributed by atoms with Gasteiger partial charge in [-0.05, 0) is 24.1 Å². The van der Waals surface area contributed by atoms with Crippen LogP contribution in [-0.4, -0.2) is 63.0 Å². The number of nitrogens with two attached hydrogens (primary N) is 3. The van der Waals surface area contributed by atoms with Gasteiger partial charge in [0.1, 0.15) is 9.79 Å². The fourth-order valence-electron chi connectivity index (χ4n) is 4.22. The fourth-order valence-corrected chi connectivity index (χ4v) is 7.08. The molecule has 192 valence electrons. The highest BCUT2D eigenvalue weighted by molar-refractivity contribution is 7.92. The van der Waals surface area contributed by atoms with E-state index in [2.05, 4.69) is 30.3 Å². The summed E-state index contributed by atoms with van der Waals surface area (Å²) in [5.41, 5.74) is 6.64. The zero-order chi connectivity index (χ0) is 26.3. The summed E-state index contributed by atoms with van der Waals surface area (Å²) in [6, 6.07) is 6.39. The van der Waals surface area contributed by atoms with E-state index < -0.39 is 47.3 Å². The number of hydrogen-bond donors (Lipinski definition) is 8. The number of fused-ring (bicyclic) bond motifs is 1. The number of imidazole rings is 1. The molecule has 0 unspecified atom stereocenters. The van der Waals surface area contributed by atoms with Crippen LogP contribution < -0.4 is 26.8 Å². The molecule has 0 saturated carbocycles. The Labute approximate surface area is 205 Å². The lowest BCUT2D eigenvalue weighted by Crippen LogP contribution is -2.37. The number of nitrogen functional groups attached to an aromatic ring is 1. The molecule has 4 rings (SSSR count). The largest absolute Gasteiger partial charge is 0.395 e. The first-order chi connectivity index (χ1) is 17.0. The minimum absolute atomic E-state index is 0.0929. The highest BCUT2D eigenvalue weighted by Crippen LogP contribution is 2.37. The average molecular weight is 537 g/mol. The Kier molecular flexibility index (Phi) is 6.78. The van der Waals surface area contributed by atoms with Crippen molar-refractivity contribution in [3.8, 4) is 11.1 Å². The van der Waals surface area contributed by atoms with E-state index in [-0.39, 0.29) is 37.1 Å². The van der Waals surface area contributed by atoms with Crippen LogP contribution in [-0.2, 0) is 20.0 Å². The van der Waals surface area contributed by atoms with Crippen molar-refractivity contribution < 1.29 is 21.9 Å². The summed E-state index contributed by atoms with van der Waals surface area (Å²) in [5.74, 6) is 4.47. The molecule has 0 aliphatic carbocycles. The number of rotatable bonds is 7. The Bertz CT molecular complexity index is 1580. The van der Waals surface area contributed by atoms with Gasteiger partial charge in [-0.1, -0.05) is 23.4 Å². The van der Waals surface area contributed by atoms with E-state index in [0.29, 0.717) is 16.6 Å². The van der Waals surface area contributed by atoms with E-state index in [4.69, 9.17) is 22.1 Å². The van der Waals surface area contributed by atoms with Crippen molar-refractivity contribution in [2.75, 3.05) is 18.9 Å². The maximum atomic E-state index is 13.3. The molecular weight excluding hydrogens is 512 g/mol. The number of hydrogen-bond acceptors (Lipinski definition) is 10. The van der Waals surface area contributed by atoms with Gasteiger partial charge < -0.3 is 27.0 Å². The van der Waals surface area contributed by atoms with Crippen molar-refractivity contribution in [1.29, 1.82) is 5.41 Å². The van der Waals surface area contributed by atoms with Crippen molar-refractivity contribution in [2.45, 2.75) is 28.3 Å². The van der Waals surface area contributed by atoms with Crippen LogP contribution in [0, 0.1) is 5.41 Å². The second kappa shape index (κ2) is 9.52. The first-order valence-corrected chi connectivity index (χ1v) is 13.5. The van der Waals surface area contributed by atoms with Gasteiger partial charge in [-0.25, -0.2) is 31.7 Å². The Morgan fingerprint density at radius 1 is 1.22 bits per heavy atom. The maximum absolute atomic E-state index is 13.3. The van der Waals surface area contributed by atoms with E-state index in [1.165, 1.54) is 6.07 Å². The number of benzene rings is 2. The number of aromatic nitrogens is 2. The van der Waals surface area contributed by atoms with Crippen LogP contribution in [0.1, 0.15) is 12.0 Å². The highest BCUT2D eigenvalue weighted by Gasteiger charge is 2.35. The number of nitrogens with one attached hydrogen (secondary N) is 4. The predicted molar refractivity (Wildman–Crippen MR) is 131 cm³/mol. The first-order valence-electron chi connectivity index (χ1n) is 10.5. The van der Waals surface area contributed by atoms with Crippen LogP contribution >= 0.6 is 0 Å². The van der Waals surface area contributed by atoms with Crippen LogP contribution in [0.3, 0.4) is 0 Å². The smallest absolute Gasteiger partial charge is 0.242 e. The maximum Gasteiger partial charge on any atom is 0.242 e. The van der Waals surface area contributed by atoms with Gasteiger partial charge in [0, 0.05) is 29.8 Å². The number of aromatic amines is 1. The number of amidine groups is 1. The quantitative estimate of drug-likeness (QED) is 0.0610. The zero-order valence-electron chi connectivity index (χ0n) is 18.6. The second-order valence-electron chi connectivity index (χ2n) is 8.09. The molecule has 15 nitrogen and oxygen atoms in total. The lowest BCUT2D eigenvalue weighted by molar-refractivity contribution is 0.254. The monoisotopic (exact) mass is 536 g/mol. The minimum atomic E-state index is -4.75. The zero-order valence-corrected chi connectivity index (χ0v) is 20.3. The Morgan fingerprint density at radius 2 is 1.97 bits per heavy atom. The van der Waals surface area contributed by atoms with Crippen molar-refractivity contribution in [3.05, 3.63) is 35.9 Å². The van der Waals surface area contributed by atoms with E-state index in [1.54, 1.807) is 18.2 Å². The summed E-state index contributed by atoms with van der Waals surface area (Å²) in [4.78, 5) is 5.54. The van der Waals surface area contributed by atoms with Crippen LogP contribution in [0.2, 0.25) is 0 Å². The molecule has 1 fully saturated rings. The molecule has 1 aromatic heterocycles. The number of primary sulfonamides is 1. The van der Waals surface area contributed by atoms with Gasteiger partial charge in [0.05, 0.1) is 17.6 Å². The van der Waals surface area contributed by atoms with E-state index in [0.717, 1.165) is 6.07 Å². The lowest BCUT2D eigenvalue weighted by Gasteiger charge is -2.19. The van der Waals surface area contributed by atoms with E-state index in [1.807, 2.05) is 0 Å². The molecule has 11 N–H and O–H groups in total. The summed E-state index contributed by atoms with van der Waals surface area (Å²) in [5, 5.41) is 32.6. The Morgan fingerprint density at radius 3 is 2.61 bits per heavy atom. The minimum Gasteiger partial charge on any atom is -0.395 e. The van der Waals surface area contributed by atoms with Gasteiger partial charge in [-0.2, -0.15) is 0 Å². The van der Waals surface area contributed by atoms with Gasteiger partial charge in [-0.15, -0.1) is 5.11 Å². The number of aliphatic hydroxyl groups excluding tert-OH is 1. The predicted octanol–water partition coefficient (Wildman–Crippen LogP) is -0.888. The van der Waals surface area contributed by atoms with Crippen LogP contribution in [0.4, 0.5) is 5.95 Å². The van der Waals surface area contributed by atoms with Gasteiger partial charge in [-0.3, -0.25) is 5.41 Å². The van der Waals surface area contributed by atoms with Crippen molar-refractivity contribution in [1.82, 2.24) is 20.0 Å².